The van der Waals surface area contributed by atoms with Crippen molar-refractivity contribution in [2.45, 2.75) is 24.2 Å². The van der Waals surface area contributed by atoms with Crippen molar-refractivity contribution in [2.24, 2.45) is 17.6 Å². The first kappa shape index (κ1) is 23.5. The first-order valence-corrected chi connectivity index (χ1v) is 11.0. The molecule has 4 rings (SSSR count). The fraction of sp³-hybridized carbons (Fsp3) is 0.381. The second kappa shape index (κ2) is 7.41. The van der Waals surface area contributed by atoms with Crippen LogP contribution in [0.15, 0.2) is 23.0 Å². The van der Waals surface area contributed by atoms with Crippen molar-refractivity contribution in [3.8, 4) is 5.75 Å². The van der Waals surface area contributed by atoms with E-state index in [2.05, 4.69) is 0 Å². The molecule has 176 valence electrons. The highest BCUT2D eigenvalue weighted by Gasteiger charge is 2.67. The van der Waals surface area contributed by atoms with Gasteiger partial charge in [-0.2, -0.15) is 0 Å². The SMILES string of the molecule is CN(C)[C@@H]1C(=O)C(C(N)=O)=C(O)[C@@]2(O)C(=O)C3=C(O)c4c(O)c(I)cc(N)c4CC3C(O)C12. The fourth-order valence-electron chi connectivity index (χ4n) is 5.32. The molecule has 3 aliphatic rings. The van der Waals surface area contributed by atoms with Gasteiger partial charge in [0.15, 0.2) is 11.4 Å². The van der Waals surface area contributed by atoms with E-state index >= 15 is 0 Å². The van der Waals surface area contributed by atoms with Gasteiger partial charge in [-0.3, -0.25) is 19.3 Å². The Morgan fingerprint density at radius 2 is 1.85 bits per heavy atom. The molecule has 0 saturated heterocycles. The molecule has 0 radical (unpaired) electrons. The Balaban J connectivity index is 2.06. The number of aliphatic hydroxyl groups excluding tert-OH is 3. The Bertz CT molecular complexity index is 1210. The smallest absolute Gasteiger partial charge is 0.255 e. The zero-order valence-electron chi connectivity index (χ0n) is 17.5. The number of likely N-dealkylation sites (N-methyl/N-ethyl adjacent to an activating group) is 1. The average Bonchev–Trinajstić information content (AvgIpc) is 2.71. The highest BCUT2D eigenvalue weighted by atomic mass is 127. The summed E-state index contributed by atoms with van der Waals surface area (Å²) in [5, 5.41) is 55.1. The van der Waals surface area contributed by atoms with Crippen LogP contribution < -0.4 is 11.5 Å². The molecule has 1 saturated carbocycles. The minimum absolute atomic E-state index is 0.0913. The number of benzene rings is 1. The third-order valence-electron chi connectivity index (χ3n) is 6.79. The van der Waals surface area contributed by atoms with E-state index in [1.54, 1.807) is 22.6 Å². The molecule has 0 aromatic heterocycles. The molecule has 0 spiro atoms. The molecule has 1 aromatic carbocycles. The van der Waals surface area contributed by atoms with Gasteiger partial charge in [0.25, 0.3) is 5.91 Å². The van der Waals surface area contributed by atoms with Crippen LogP contribution in [0.5, 0.6) is 5.75 Å². The Morgan fingerprint density at radius 3 is 2.39 bits per heavy atom. The van der Waals surface area contributed by atoms with Crippen molar-refractivity contribution in [1.82, 2.24) is 4.90 Å². The Hall–Kier alpha value is -2.68. The van der Waals surface area contributed by atoms with Gasteiger partial charge in [-0.05, 0) is 54.7 Å². The number of nitrogens with two attached hydrogens (primary N) is 2. The summed E-state index contributed by atoms with van der Waals surface area (Å²) in [5.41, 5.74) is 7.38. The number of carbonyl (C=O) groups is 3. The van der Waals surface area contributed by atoms with E-state index in [1.807, 2.05) is 0 Å². The lowest BCUT2D eigenvalue weighted by Gasteiger charge is -2.52. The molecule has 3 unspecified atom stereocenters. The number of halogens is 1. The number of nitrogens with zero attached hydrogens (tertiary/aromatic N) is 1. The lowest BCUT2D eigenvalue weighted by Crippen LogP contribution is -2.70. The maximum absolute atomic E-state index is 13.6. The van der Waals surface area contributed by atoms with Gasteiger partial charge in [0, 0.05) is 17.2 Å². The minimum atomic E-state index is -2.92. The fourth-order valence-corrected chi connectivity index (χ4v) is 5.93. The topological polar surface area (TPSA) is 208 Å². The van der Waals surface area contributed by atoms with Gasteiger partial charge in [0.05, 0.1) is 27.2 Å². The minimum Gasteiger partial charge on any atom is -0.508 e. The van der Waals surface area contributed by atoms with E-state index in [-0.39, 0.29) is 29.0 Å². The highest BCUT2D eigenvalue weighted by Crippen LogP contribution is 2.53. The average molecular weight is 571 g/mol. The standard InChI is InChI=1S/C21H22IN3O8/c1-25(2)13-12-14(26)6-3-5-8(23)4-7(22)15(27)9(5)16(28)10(6)18(30)21(12,33)19(31)11(17(13)29)20(24)32/h4,6,12-14,26-28,31,33H,3,23H2,1-2H3,(H2,24,32)/t6?,12?,13-,14?,21-/m0/s1. The number of carbonyl (C=O) groups excluding carboxylic acids is 3. The predicted molar refractivity (Wildman–Crippen MR) is 123 cm³/mol. The van der Waals surface area contributed by atoms with E-state index in [4.69, 9.17) is 11.5 Å². The predicted octanol–water partition coefficient (Wildman–Crippen LogP) is -0.878. The molecule has 3 aliphatic carbocycles. The van der Waals surface area contributed by atoms with Gasteiger partial charge >= 0.3 is 0 Å². The molecule has 0 aliphatic heterocycles. The maximum atomic E-state index is 13.6. The molecule has 1 aromatic rings. The summed E-state index contributed by atoms with van der Waals surface area (Å²) < 4.78 is 0.296. The van der Waals surface area contributed by atoms with Gasteiger partial charge in [0.2, 0.25) is 5.78 Å². The van der Waals surface area contributed by atoms with Crippen LogP contribution in [0.1, 0.15) is 11.1 Å². The number of fused-ring (bicyclic) bond motifs is 3. The molecule has 0 heterocycles. The van der Waals surface area contributed by atoms with E-state index in [0.29, 0.717) is 3.57 Å². The van der Waals surface area contributed by atoms with Gasteiger partial charge in [-0.25, -0.2) is 0 Å². The van der Waals surface area contributed by atoms with Crippen molar-refractivity contribution < 1.29 is 39.9 Å². The van der Waals surface area contributed by atoms with E-state index < -0.39 is 69.7 Å². The second-order valence-electron chi connectivity index (χ2n) is 8.70. The van der Waals surface area contributed by atoms with Crippen LogP contribution in [0.3, 0.4) is 0 Å². The molecule has 9 N–H and O–H groups in total. The first-order valence-electron chi connectivity index (χ1n) is 9.89. The molecular weight excluding hydrogens is 549 g/mol. The van der Waals surface area contributed by atoms with E-state index in [9.17, 15) is 39.9 Å². The van der Waals surface area contributed by atoms with Gasteiger partial charge < -0.3 is 37.0 Å². The summed E-state index contributed by atoms with van der Waals surface area (Å²) >= 11 is 1.79. The Kier molecular flexibility index (Phi) is 5.27. The third-order valence-corrected chi connectivity index (χ3v) is 7.61. The Labute approximate surface area is 201 Å². The van der Waals surface area contributed by atoms with Gasteiger partial charge in [-0.15, -0.1) is 0 Å². The number of hydrogen-bond acceptors (Lipinski definition) is 10. The summed E-state index contributed by atoms with van der Waals surface area (Å²) in [5.74, 6) is -8.55. The van der Waals surface area contributed by atoms with Gasteiger partial charge in [-0.1, -0.05) is 0 Å². The number of phenols is 1. The first-order chi connectivity index (χ1) is 15.3. The number of amides is 1. The number of ketones is 2. The molecule has 11 nitrogen and oxygen atoms in total. The van der Waals surface area contributed by atoms with Crippen LogP contribution in [-0.2, 0) is 20.8 Å². The number of aromatic hydroxyl groups is 1. The van der Waals surface area contributed by atoms with Crippen LogP contribution >= 0.6 is 22.6 Å². The highest BCUT2D eigenvalue weighted by molar-refractivity contribution is 14.1. The summed E-state index contributed by atoms with van der Waals surface area (Å²) in [7, 11) is 2.89. The van der Waals surface area contributed by atoms with Crippen molar-refractivity contribution >= 4 is 51.5 Å². The van der Waals surface area contributed by atoms with Crippen LogP contribution in [0, 0.1) is 15.4 Å². The summed E-state index contributed by atoms with van der Waals surface area (Å²) in [4.78, 5) is 39.9. The quantitative estimate of drug-likeness (QED) is 0.101. The van der Waals surface area contributed by atoms with E-state index in [1.165, 1.54) is 25.1 Å². The number of primary amides is 1. The monoisotopic (exact) mass is 571 g/mol. The van der Waals surface area contributed by atoms with Crippen LogP contribution in [0.4, 0.5) is 5.69 Å². The van der Waals surface area contributed by atoms with Crippen molar-refractivity contribution in [1.29, 1.82) is 0 Å². The Morgan fingerprint density at radius 1 is 1.24 bits per heavy atom. The third kappa shape index (κ3) is 2.87. The molecule has 1 fully saturated rings. The second-order valence-corrected chi connectivity index (χ2v) is 9.86. The van der Waals surface area contributed by atoms with Crippen molar-refractivity contribution in [3.63, 3.8) is 0 Å². The zero-order valence-corrected chi connectivity index (χ0v) is 19.7. The largest absolute Gasteiger partial charge is 0.508 e. The molecular formula is C21H22IN3O8. The number of nitrogen functional groups attached to an aromatic ring is 1. The molecule has 1 amide bonds. The number of Topliss-reactive ketones (excluding diaryl/α,β-unsaturated/α-hetero) is 2. The number of anilines is 1. The molecule has 33 heavy (non-hydrogen) atoms. The molecule has 12 heteroatoms. The number of phenolic OH excluding ortho intramolecular Hbond substituents is 1. The number of rotatable bonds is 2. The maximum Gasteiger partial charge on any atom is 0.255 e. The number of aliphatic hydroxyl groups is 4. The van der Waals surface area contributed by atoms with Crippen molar-refractivity contribution in [3.05, 3.63) is 37.7 Å². The van der Waals surface area contributed by atoms with Crippen LogP contribution in [0.2, 0.25) is 0 Å². The van der Waals surface area contributed by atoms with Gasteiger partial charge in [0.1, 0.15) is 22.8 Å². The van der Waals surface area contributed by atoms with E-state index in [0.717, 1.165) is 0 Å². The molecule has 0 bridgehead atoms. The van der Waals surface area contributed by atoms with Crippen molar-refractivity contribution in [2.75, 3.05) is 19.8 Å². The normalized spacial score (nSPS) is 31.5. The summed E-state index contributed by atoms with van der Waals surface area (Å²) in [6.07, 6.45) is -1.72. The van der Waals surface area contributed by atoms with Crippen LogP contribution in [-0.4, -0.2) is 79.7 Å². The lowest BCUT2D eigenvalue weighted by atomic mass is 9.56. The van der Waals surface area contributed by atoms with Crippen LogP contribution in [0.25, 0.3) is 5.76 Å². The lowest BCUT2D eigenvalue weighted by molar-refractivity contribution is -0.168. The molecule has 5 atom stereocenters. The number of hydrogen-bond donors (Lipinski definition) is 7. The summed E-state index contributed by atoms with van der Waals surface area (Å²) in [6.45, 7) is 0. The zero-order chi connectivity index (χ0) is 24.7. The summed E-state index contributed by atoms with van der Waals surface area (Å²) in [6, 6.07) is 0.0841.